The lowest BCUT2D eigenvalue weighted by molar-refractivity contribution is 0.629. The first-order valence-electron chi connectivity index (χ1n) is 4.78. The van der Waals surface area contributed by atoms with Gasteiger partial charge < -0.3 is 5.32 Å². The van der Waals surface area contributed by atoms with Gasteiger partial charge in [-0.05, 0) is 32.2 Å². The first kappa shape index (κ1) is 9.98. The second kappa shape index (κ2) is 3.90. The largest absolute Gasteiger partial charge is 0.314 e. The summed E-state index contributed by atoms with van der Waals surface area (Å²) in [5.74, 6) is 0.451. The lowest BCUT2D eigenvalue weighted by Gasteiger charge is -2.06. The summed E-state index contributed by atoms with van der Waals surface area (Å²) < 4.78 is 13.1. The molecule has 78 valence electrons. The van der Waals surface area contributed by atoms with Crippen molar-refractivity contribution in [3.8, 4) is 0 Å². The first-order valence-corrected chi connectivity index (χ1v) is 4.78. The van der Waals surface area contributed by atoms with Gasteiger partial charge in [-0.3, -0.25) is 0 Å². The topological polar surface area (TPSA) is 37.8 Å². The van der Waals surface area contributed by atoms with Crippen molar-refractivity contribution in [2.75, 3.05) is 7.05 Å². The van der Waals surface area contributed by atoms with E-state index in [0.717, 1.165) is 16.6 Å². The Morgan fingerprint density at radius 3 is 2.87 bits per heavy atom. The zero-order chi connectivity index (χ0) is 10.8. The number of hydrogen-bond acceptors (Lipinski definition) is 3. The Balaban J connectivity index is 2.70. The number of halogens is 1. The molecule has 0 aliphatic heterocycles. The summed E-state index contributed by atoms with van der Waals surface area (Å²) in [6.07, 6.45) is 0. The number of benzene rings is 1. The molecule has 0 saturated carbocycles. The maximum absolute atomic E-state index is 13.1. The molecule has 15 heavy (non-hydrogen) atoms. The Bertz CT molecular complexity index is 496. The predicted molar refractivity (Wildman–Crippen MR) is 57.0 cm³/mol. The van der Waals surface area contributed by atoms with Gasteiger partial charge in [0.05, 0.1) is 11.2 Å². The summed E-state index contributed by atoms with van der Waals surface area (Å²) in [6, 6.07) is 4.57. The van der Waals surface area contributed by atoms with Crippen LogP contribution in [0.1, 0.15) is 11.5 Å². The van der Waals surface area contributed by atoms with E-state index in [4.69, 9.17) is 0 Å². The molecule has 0 radical (unpaired) electrons. The van der Waals surface area contributed by atoms with Crippen molar-refractivity contribution in [3.05, 3.63) is 35.5 Å². The monoisotopic (exact) mass is 205 g/mol. The maximum Gasteiger partial charge on any atom is 0.126 e. The molecular weight excluding hydrogens is 193 g/mol. The van der Waals surface area contributed by atoms with E-state index >= 15 is 0 Å². The Labute approximate surface area is 87.4 Å². The van der Waals surface area contributed by atoms with Crippen LogP contribution in [-0.2, 0) is 6.54 Å². The molecule has 0 unspecified atom stereocenters. The van der Waals surface area contributed by atoms with Crippen LogP contribution in [0.5, 0.6) is 0 Å². The number of hydrogen-bond donors (Lipinski definition) is 1. The number of aryl methyl sites for hydroxylation is 1. The average molecular weight is 205 g/mol. The van der Waals surface area contributed by atoms with Gasteiger partial charge in [-0.2, -0.15) is 0 Å². The molecule has 1 aromatic heterocycles. The van der Waals surface area contributed by atoms with Gasteiger partial charge in [0.1, 0.15) is 11.6 Å². The SMILES string of the molecule is CNCc1nc(C)nc2ccc(F)cc12. The van der Waals surface area contributed by atoms with Crippen molar-refractivity contribution in [2.24, 2.45) is 0 Å². The molecule has 0 aliphatic rings. The van der Waals surface area contributed by atoms with Crippen LogP contribution in [0.2, 0.25) is 0 Å². The molecule has 2 rings (SSSR count). The van der Waals surface area contributed by atoms with Crippen LogP contribution in [0.3, 0.4) is 0 Å². The van der Waals surface area contributed by atoms with E-state index in [1.807, 2.05) is 14.0 Å². The van der Waals surface area contributed by atoms with Crippen molar-refractivity contribution in [1.82, 2.24) is 15.3 Å². The van der Waals surface area contributed by atoms with Crippen molar-refractivity contribution in [2.45, 2.75) is 13.5 Å². The average Bonchev–Trinajstić information content (AvgIpc) is 2.19. The highest BCUT2D eigenvalue weighted by molar-refractivity contribution is 5.80. The Morgan fingerprint density at radius 1 is 1.33 bits per heavy atom. The van der Waals surface area contributed by atoms with Gasteiger partial charge in [0.2, 0.25) is 0 Å². The van der Waals surface area contributed by atoms with Crippen LogP contribution in [0.25, 0.3) is 10.9 Å². The summed E-state index contributed by atoms with van der Waals surface area (Å²) in [5.41, 5.74) is 1.62. The molecule has 0 spiro atoms. The Morgan fingerprint density at radius 2 is 2.13 bits per heavy atom. The molecule has 1 heterocycles. The standard InChI is InChI=1S/C11H12FN3/c1-7-14-10-4-3-8(12)5-9(10)11(15-7)6-13-2/h3-5,13H,6H2,1-2H3. The third-order valence-corrected chi connectivity index (χ3v) is 2.19. The molecule has 0 saturated heterocycles. The fourth-order valence-electron chi connectivity index (χ4n) is 1.59. The highest BCUT2D eigenvalue weighted by Crippen LogP contribution is 2.17. The van der Waals surface area contributed by atoms with Crippen LogP contribution >= 0.6 is 0 Å². The predicted octanol–water partition coefficient (Wildman–Crippen LogP) is 1.80. The Kier molecular flexibility index (Phi) is 2.60. The van der Waals surface area contributed by atoms with Crippen molar-refractivity contribution in [1.29, 1.82) is 0 Å². The first-order chi connectivity index (χ1) is 7.20. The summed E-state index contributed by atoms with van der Waals surface area (Å²) in [6.45, 7) is 2.45. The summed E-state index contributed by atoms with van der Waals surface area (Å²) in [4.78, 5) is 8.55. The zero-order valence-corrected chi connectivity index (χ0v) is 8.71. The molecule has 1 N–H and O–H groups in total. The second-order valence-corrected chi connectivity index (χ2v) is 3.41. The third kappa shape index (κ3) is 1.94. The zero-order valence-electron chi connectivity index (χ0n) is 8.71. The van der Waals surface area contributed by atoms with Gasteiger partial charge in [0, 0.05) is 11.9 Å². The number of rotatable bonds is 2. The summed E-state index contributed by atoms with van der Waals surface area (Å²) in [7, 11) is 1.84. The van der Waals surface area contributed by atoms with Crippen LogP contribution < -0.4 is 5.32 Å². The Hall–Kier alpha value is -1.55. The number of fused-ring (bicyclic) bond motifs is 1. The highest BCUT2D eigenvalue weighted by atomic mass is 19.1. The highest BCUT2D eigenvalue weighted by Gasteiger charge is 2.05. The fourth-order valence-corrected chi connectivity index (χ4v) is 1.59. The summed E-state index contributed by atoms with van der Waals surface area (Å²) >= 11 is 0. The number of nitrogens with one attached hydrogen (secondary N) is 1. The van der Waals surface area contributed by atoms with E-state index in [0.29, 0.717) is 12.4 Å². The van der Waals surface area contributed by atoms with Gasteiger partial charge in [0.15, 0.2) is 0 Å². The van der Waals surface area contributed by atoms with E-state index in [2.05, 4.69) is 15.3 Å². The van der Waals surface area contributed by atoms with Crippen molar-refractivity contribution >= 4 is 10.9 Å². The molecule has 1 aromatic carbocycles. The quantitative estimate of drug-likeness (QED) is 0.812. The molecule has 2 aromatic rings. The molecule has 0 fully saturated rings. The minimum absolute atomic E-state index is 0.257. The lowest BCUT2D eigenvalue weighted by Crippen LogP contribution is -2.09. The van der Waals surface area contributed by atoms with E-state index in [-0.39, 0.29) is 5.82 Å². The number of nitrogens with zero attached hydrogens (tertiary/aromatic N) is 2. The summed E-state index contributed by atoms with van der Waals surface area (Å²) in [5, 5.41) is 3.78. The van der Waals surface area contributed by atoms with Crippen LogP contribution in [0, 0.1) is 12.7 Å². The van der Waals surface area contributed by atoms with Gasteiger partial charge in [0.25, 0.3) is 0 Å². The van der Waals surface area contributed by atoms with E-state index in [9.17, 15) is 4.39 Å². The van der Waals surface area contributed by atoms with Crippen molar-refractivity contribution in [3.63, 3.8) is 0 Å². The van der Waals surface area contributed by atoms with Crippen LogP contribution in [0.4, 0.5) is 4.39 Å². The third-order valence-electron chi connectivity index (χ3n) is 2.19. The minimum atomic E-state index is -0.257. The van der Waals surface area contributed by atoms with Crippen molar-refractivity contribution < 1.29 is 4.39 Å². The van der Waals surface area contributed by atoms with Gasteiger partial charge in [-0.25, -0.2) is 14.4 Å². The molecule has 4 heteroatoms. The van der Waals surface area contributed by atoms with E-state index in [1.165, 1.54) is 12.1 Å². The van der Waals surface area contributed by atoms with E-state index in [1.54, 1.807) is 6.07 Å². The molecule has 0 amide bonds. The number of aromatic nitrogens is 2. The second-order valence-electron chi connectivity index (χ2n) is 3.41. The van der Waals surface area contributed by atoms with Crippen LogP contribution in [-0.4, -0.2) is 17.0 Å². The molecule has 0 aliphatic carbocycles. The molecular formula is C11H12FN3. The van der Waals surface area contributed by atoms with Crippen LogP contribution in [0.15, 0.2) is 18.2 Å². The minimum Gasteiger partial charge on any atom is -0.314 e. The normalized spacial score (nSPS) is 10.9. The van der Waals surface area contributed by atoms with Gasteiger partial charge in [-0.15, -0.1) is 0 Å². The maximum atomic E-state index is 13.1. The van der Waals surface area contributed by atoms with Gasteiger partial charge in [-0.1, -0.05) is 0 Å². The smallest absolute Gasteiger partial charge is 0.126 e. The molecule has 3 nitrogen and oxygen atoms in total. The fraction of sp³-hybridized carbons (Fsp3) is 0.273. The molecule has 0 bridgehead atoms. The van der Waals surface area contributed by atoms with Gasteiger partial charge >= 0.3 is 0 Å². The lowest BCUT2D eigenvalue weighted by atomic mass is 10.2. The van der Waals surface area contributed by atoms with E-state index < -0.39 is 0 Å². The molecule has 0 atom stereocenters.